The molecule has 24 heavy (non-hydrogen) atoms. The molecular weight excluding hydrogens is 310 g/mol. The SMILES string of the molecule is O=C(OCC(=O)c1c[nH]c2ccccc12)c1ccc2c(c1)OCO2. The molecule has 1 aromatic heterocycles. The van der Waals surface area contributed by atoms with E-state index >= 15 is 0 Å². The Morgan fingerprint density at radius 2 is 1.92 bits per heavy atom. The molecule has 3 aromatic rings. The standard InChI is InChI=1S/C18H13NO5/c20-15(13-8-19-14-4-2-1-3-12(13)14)9-22-18(21)11-5-6-16-17(7-11)24-10-23-16/h1-8,19H,9-10H2. The van der Waals surface area contributed by atoms with E-state index in [0.717, 1.165) is 10.9 Å². The summed E-state index contributed by atoms with van der Waals surface area (Å²) in [6.45, 7) is -0.192. The Labute approximate surface area is 136 Å². The van der Waals surface area contributed by atoms with E-state index < -0.39 is 5.97 Å². The van der Waals surface area contributed by atoms with Crippen LogP contribution in [-0.2, 0) is 4.74 Å². The lowest BCUT2D eigenvalue weighted by Gasteiger charge is -2.05. The molecule has 0 unspecified atom stereocenters. The van der Waals surface area contributed by atoms with Gasteiger partial charge in [0.2, 0.25) is 12.6 Å². The van der Waals surface area contributed by atoms with Crippen LogP contribution in [0.5, 0.6) is 11.5 Å². The highest BCUT2D eigenvalue weighted by molar-refractivity contribution is 6.09. The maximum atomic E-state index is 12.3. The molecular formula is C18H13NO5. The van der Waals surface area contributed by atoms with E-state index in [1.165, 1.54) is 0 Å². The van der Waals surface area contributed by atoms with Gasteiger partial charge in [-0.25, -0.2) is 4.79 Å². The number of carbonyl (C=O) groups is 2. The molecule has 1 aliphatic heterocycles. The number of benzene rings is 2. The summed E-state index contributed by atoms with van der Waals surface area (Å²) in [5.41, 5.74) is 1.68. The second kappa shape index (κ2) is 5.73. The van der Waals surface area contributed by atoms with Crippen LogP contribution >= 0.6 is 0 Å². The molecule has 0 saturated carbocycles. The van der Waals surface area contributed by atoms with Crippen molar-refractivity contribution in [1.29, 1.82) is 0 Å². The van der Waals surface area contributed by atoms with Gasteiger partial charge < -0.3 is 19.2 Å². The van der Waals surface area contributed by atoms with Crippen molar-refractivity contribution in [2.24, 2.45) is 0 Å². The summed E-state index contributed by atoms with van der Waals surface area (Å²) in [5.74, 6) is 0.233. The number of rotatable bonds is 4. The molecule has 2 heterocycles. The molecule has 0 atom stereocenters. The Bertz CT molecular complexity index is 943. The first kappa shape index (κ1) is 14.3. The number of H-pyrrole nitrogens is 1. The average Bonchev–Trinajstić information content (AvgIpc) is 3.25. The number of aromatic nitrogens is 1. The van der Waals surface area contributed by atoms with Crippen molar-refractivity contribution in [3.63, 3.8) is 0 Å². The van der Waals surface area contributed by atoms with Crippen molar-refractivity contribution in [3.8, 4) is 11.5 Å². The van der Waals surface area contributed by atoms with Crippen molar-refractivity contribution in [2.75, 3.05) is 13.4 Å². The van der Waals surface area contributed by atoms with E-state index in [-0.39, 0.29) is 19.2 Å². The molecule has 1 aliphatic rings. The molecule has 4 rings (SSSR count). The minimum Gasteiger partial charge on any atom is -0.454 e. The van der Waals surface area contributed by atoms with Gasteiger partial charge in [-0.15, -0.1) is 0 Å². The van der Waals surface area contributed by atoms with E-state index in [0.29, 0.717) is 22.6 Å². The zero-order chi connectivity index (χ0) is 16.5. The predicted octanol–water partition coefficient (Wildman–Crippen LogP) is 2.94. The third-order valence-corrected chi connectivity index (χ3v) is 3.83. The van der Waals surface area contributed by atoms with Crippen molar-refractivity contribution in [2.45, 2.75) is 0 Å². The molecule has 0 saturated heterocycles. The van der Waals surface area contributed by atoms with Crippen LogP contribution in [0.15, 0.2) is 48.7 Å². The Kier molecular flexibility index (Phi) is 3.42. The van der Waals surface area contributed by atoms with Crippen molar-refractivity contribution >= 4 is 22.7 Å². The molecule has 0 aliphatic carbocycles. The number of fused-ring (bicyclic) bond motifs is 2. The van der Waals surface area contributed by atoms with Gasteiger partial charge in [-0.1, -0.05) is 18.2 Å². The van der Waals surface area contributed by atoms with Crippen LogP contribution in [-0.4, -0.2) is 30.1 Å². The summed E-state index contributed by atoms with van der Waals surface area (Å²) < 4.78 is 15.5. The van der Waals surface area contributed by atoms with Crippen LogP contribution in [0.25, 0.3) is 10.9 Å². The zero-order valence-corrected chi connectivity index (χ0v) is 12.6. The summed E-state index contributed by atoms with van der Waals surface area (Å²) in [4.78, 5) is 27.4. The van der Waals surface area contributed by atoms with Gasteiger partial charge in [0.25, 0.3) is 0 Å². The van der Waals surface area contributed by atoms with Crippen LogP contribution in [0.4, 0.5) is 0 Å². The van der Waals surface area contributed by atoms with Gasteiger partial charge in [0.1, 0.15) is 0 Å². The number of Topliss-reactive ketones (excluding diaryl/α,β-unsaturated/α-hetero) is 1. The molecule has 0 bridgehead atoms. The predicted molar refractivity (Wildman–Crippen MR) is 85.5 cm³/mol. The first-order valence-electron chi connectivity index (χ1n) is 7.38. The fourth-order valence-corrected chi connectivity index (χ4v) is 2.62. The summed E-state index contributed by atoms with van der Waals surface area (Å²) in [7, 11) is 0. The average molecular weight is 323 g/mol. The van der Waals surface area contributed by atoms with E-state index in [2.05, 4.69) is 4.98 Å². The van der Waals surface area contributed by atoms with Crippen molar-refractivity contribution in [3.05, 3.63) is 59.8 Å². The lowest BCUT2D eigenvalue weighted by molar-refractivity contribution is 0.0475. The maximum Gasteiger partial charge on any atom is 0.338 e. The Morgan fingerprint density at radius 1 is 1.08 bits per heavy atom. The minimum absolute atomic E-state index is 0.132. The van der Waals surface area contributed by atoms with Gasteiger partial charge in [-0.2, -0.15) is 0 Å². The normalized spacial score (nSPS) is 12.3. The fourth-order valence-electron chi connectivity index (χ4n) is 2.62. The first-order chi connectivity index (χ1) is 11.7. The minimum atomic E-state index is -0.582. The number of nitrogens with one attached hydrogen (secondary N) is 1. The Balaban J connectivity index is 1.46. The number of esters is 1. The summed E-state index contributed by atoms with van der Waals surface area (Å²) >= 11 is 0. The topological polar surface area (TPSA) is 77.6 Å². The monoisotopic (exact) mass is 323 g/mol. The second-order valence-electron chi connectivity index (χ2n) is 5.32. The maximum absolute atomic E-state index is 12.3. The number of hydrogen-bond acceptors (Lipinski definition) is 5. The number of hydrogen-bond donors (Lipinski definition) is 1. The molecule has 0 radical (unpaired) electrons. The Hall–Kier alpha value is -3.28. The number of aromatic amines is 1. The molecule has 0 fully saturated rings. The molecule has 0 spiro atoms. The van der Waals surface area contributed by atoms with Gasteiger partial charge in [-0.05, 0) is 24.3 Å². The second-order valence-corrected chi connectivity index (χ2v) is 5.32. The largest absolute Gasteiger partial charge is 0.454 e. The molecule has 6 nitrogen and oxygen atoms in total. The number of ketones is 1. The smallest absolute Gasteiger partial charge is 0.338 e. The highest BCUT2D eigenvalue weighted by Crippen LogP contribution is 2.32. The third kappa shape index (κ3) is 2.48. The zero-order valence-electron chi connectivity index (χ0n) is 12.6. The van der Waals surface area contributed by atoms with Gasteiger partial charge in [-0.3, -0.25) is 4.79 Å². The third-order valence-electron chi connectivity index (χ3n) is 3.83. The van der Waals surface area contributed by atoms with E-state index in [4.69, 9.17) is 14.2 Å². The summed E-state index contributed by atoms with van der Waals surface area (Å²) in [6.07, 6.45) is 1.63. The van der Waals surface area contributed by atoms with Crippen molar-refractivity contribution < 1.29 is 23.8 Å². The molecule has 0 amide bonds. The van der Waals surface area contributed by atoms with Crippen molar-refractivity contribution in [1.82, 2.24) is 4.98 Å². The van der Waals surface area contributed by atoms with Gasteiger partial charge >= 0.3 is 5.97 Å². The lowest BCUT2D eigenvalue weighted by atomic mass is 10.1. The van der Waals surface area contributed by atoms with Crippen LogP contribution in [0, 0.1) is 0 Å². The number of ether oxygens (including phenoxy) is 3. The van der Waals surface area contributed by atoms with E-state index in [1.807, 2.05) is 24.3 Å². The Morgan fingerprint density at radius 3 is 2.83 bits per heavy atom. The molecule has 2 aromatic carbocycles. The molecule has 1 N–H and O–H groups in total. The highest BCUT2D eigenvalue weighted by atomic mass is 16.7. The van der Waals surface area contributed by atoms with Crippen LogP contribution in [0.3, 0.4) is 0 Å². The van der Waals surface area contributed by atoms with Gasteiger partial charge in [0, 0.05) is 22.7 Å². The summed E-state index contributed by atoms with van der Waals surface area (Å²) in [6, 6.07) is 12.2. The summed E-state index contributed by atoms with van der Waals surface area (Å²) in [5, 5.41) is 0.807. The number of carbonyl (C=O) groups excluding carboxylic acids is 2. The molecule has 6 heteroatoms. The van der Waals surface area contributed by atoms with Crippen LogP contribution in [0.2, 0.25) is 0 Å². The van der Waals surface area contributed by atoms with E-state index in [9.17, 15) is 9.59 Å². The van der Waals surface area contributed by atoms with Crippen LogP contribution in [0.1, 0.15) is 20.7 Å². The fraction of sp³-hybridized carbons (Fsp3) is 0.111. The van der Waals surface area contributed by atoms with Gasteiger partial charge in [0.05, 0.1) is 5.56 Å². The van der Waals surface area contributed by atoms with Crippen LogP contribution < -0.4 is 9.47 Å². The number of para-hydroxylation sites is 1. The molecule has 120 valence electrons. The lowest BCUT2D eigenvalue weighted by Crippen LogP contribution is -2.14. The quantitative estimate of drug-likeness (QED) is 0.590. The van der Waals surface area contributed by atoms with E-state index in [1.54, 1.807) is 24.4 Å². The first-order valence-corrected chi connectivity index (χ1v) is 7.38. The highest BCUT2D eigenvalue weighted by Gasteiger charge is 2.19. The van der Waals surface area contributed by atoms with Gasteiger partial charge in [0.15, 0.2) is 18.1 Å².